The van der Waals surface area contributed by atoms with E-state index in [-0.39, 0.29) is 18.5 Å². The van der Waals surface area contributed by atoms with Gasteiger partial charge in [0, 0.05) is 18.8 Å². The van der Waals surface area contributed by atoms with Gasteiger partial charge < -0.3 is 15.0 Å². The van der Waals surface area contributed by atoms with Crippen LogP contribution in [0.3, 0.4) is 0 Å². The fourth-order valence-electron chi connectivity index (χ4n) is 3.24. The van der Waals surface area contributed by atoms with Crippen molar-refractivity contribution in [2.75, 3.05) is 36.5 Å². The minimum Gasteiger partial charge on any atom is -0.494 e. The molecule has 150 valence electrons. The van der Waals surface area contributed by atoms with Gasteiger partial charge in [-0.15, -0.1) is 0 Å². The van der Waals surface area contributed by atoms with Crippen LogP contribution in [0, 0.1) is 6.92 Å². The largest absolute Gasteiger partial charge is 0.494 e. The number of urea groups is 1. The first-order chi connectivity index (χ1) is 14.0. The lowest BCUT2D eigenvalue weighted by Crippen LogP contribution is -2.37. The normalized spacial score (nSPS) is 13.9. The molecule has 8 heteroatoms. The minimum absolute atomic E-state index is 0.00131. The molecule has 4 rings (SSSR count). The van der Waals surface area contributed by atoms with Crippen LogP contribution in [0.25, 0.3) is 10.2 Å². The second-order valence-electron chi connectivity index (χ2n) is 6.82. The van der Waals surface area contributed by atoms with E-state index in [1.54, 1.807) is 9.80 Å². The third-order valence-corrected chi connectivity index (χ3v) is 5.63. The van der Waals surface area contributed by atoms with Gasteiger partial charge in [-0.2, -0.15) is 0 Å². The zero-order valence-corrected chi connectivity index (χ0v) is 17.2. The molecule has 3 aromatic rings. The standard InChI is InChI=1S/C21H22N4O3S/c1-3-28-16-8-9-17-18(12-16)29-20(22-17)23-19(26)13-24-10-11-25(21(24)27)15-6-4-14(2)5-7-15/h4-9,12H,3,10-11,13H2,1-2H3,(H,22,23,26). The molecule has 0 bridgehead atoms. The number of nitrogens with one attached hydrogen (secondary N) is 1. The Bertz CT molecular complexity index is 1050. The molecule has 0 saturated carbocycles. The number of hydrogen-bond acceptors (Lipinski definition) is 5. The van der Waals surface area contributed by atoms with Gasteiger partial charge in [0.25, 0.3) is 0 Å². The molecule has 2 heterocycles. The van der Waals surface area contributed by atoms with Crippen LogP contribution in [-0.4, -0.2) is 48.1 Å². The van der Waals surface area contributed by atoms with Crippen molar-refractivity contribution in [1.82, 2.24) is 9.88 Å². The predicted molar refractivity (Wildman–Crippen MR) is 115 cm³/mol. The van der Waals surface area contributed by atoms with Gasteiger partial charge in [-0.1, -0.05) is 29.0 Å². The zero-order chi connectivity index (χ0) is 20.4. The summed E-state index contributed by atoms with van der Waals surface area (Å²) >= 11 is 1.39. The van der Waals surface area contributed by atoms with Crippen molar-refractivity contribution in [3.8, 4) is 5.75 Å². The van der Waals surface area contributed by atoms with Crippen LogP contribution in [0.1, 0.15) is 12.5 Å². The molecule has 1 aromatic heterocycles. The maximum atomic E-state index is 12.7. The Morgan fingerprint density at radius 3 is 2.76 bits per heavy atom. The van der Waals surface area contributed by atoms with Crippen molar-refractivity contribution in [2.24, 2.45) is 0 Å². The van der Waals surface area contributed by atoms with E-state index in [1.807, 2.05) is 56.3 Å². The number of aryl methyl sites for hydroxylation is 1. The predicted octanol–water partition coefficient (Wildman–Crippen LogP) is 3.88. The van der Waals surface area contributed by atoms with Gasteiger partial charge in [-0.05, 0) is 44.2 Å². The number of rotatable bonds is 6. The van der Waals surface area contributed by atoms with Gasteiger partial charge in [0.2, 0.25) is 5.91 Å². The van der Waals surface area contributed by atoms with E-state index in [9.17, 15) is 9.59 Å². The maximum absolute atomic E-state index is 12.7. The lowest BCUT2D eigenvalue weighted by molar-refractivity contribution is -0.116. The maximum Gasteiger partial charge on any atom is 0.325 e. The minimum atomic E-state index is -0.256. The van der Waals surface area contributed by atoms with Gasteiger partial charge in [-0.3, -0.25) is 9.69 Å². The highest BCUT2D eigenvalue weighted by molar-refractivity contribution is 7.22. The van der Waals surface area contributed by atoms with Crippen molar-refractivity contribution in [2.45, 2.75) is 13.8 Å². The average molecular weight is 410 g/mol. The molecule has 7 nitrogen and oxygen atoms in total. The number of amides is 3. The summed E-state index contributed by atoms with van der Waals surface area (Å²) in [7, 11) is 0. The Hall–Kier alpha value is -3.13. The van der Waals surface area contributed by atoms with Crippen molar-refractivity contribution in [3.05, 3.63) is 48.0 Å². The molecule has 0 spiro atoms. The summed E-state index contributed by atoms with van der Waals surface area (Å²) in [5.74, 6) is 0.522. The molecule has 0 atom stereocenters. The lowest BCUT2D eigenvalue weighted by atomic mass is 10.2. The van der Waals surface area contributed by atoms with Crippen LogP contribution in [0.2, 0.25) is 0 Å². The molecule has 1 saturated heterocycles. The van der Waals surface area contributed by atoms with Crippen molar-refractivity contribution < 1.29 is 14.3 Å². The van der Waals surface area contributed by atoms with Crippen LogP contribution in [0.15, 0.2) is 42.5 Å². The summed E-state index contributed by atoms with van der Waals surface area (Å²) in [5, 5.41) is 3.32. The molecule has 0 radical (unpaired) electrons. The van der Waals surface area contributed by atoms with Gasteiger partial charge in [0.15, 0.2) is 5.13 Å². The third kappa shape index (κ3) is 4.17. The van der Waals surface area contributed by atoms with E-state index < -0.39 is 0 Å². The molecule has 0 aliphatic carbocycles. The van der Waals surface area contributed by atoms with Crippen molar-refractivity contribution in [1.29, 1.82) is 0 Å². The Labute approximate surface area is 172 Å². The molecular formula is C21H22N4O3S. The molecule has 0 unspecified atom stereocenters. The second kappa shape index (κ2) is 8.08. The molecule has 1 aliphatic heterocycles. The molecular weight excluding hydrogens is 388 g/mol. The fourth-order valence-corrected chi connectivity index (χ4v) is 4.15. The molecule has 1 N–H and O–H groups in total. The number of hydrogen-bond donors (Lipinski definition) is 1. The quantitative estimate of drug-likeness (QED) is 0.669. The number of nitrogens with zero attached hydrogens (tertiary/aromatic N) is 3. The number of ether oxygens (including phenoxy) is 1. The summed E-state index contributed by atoms with van der Waals surface area (Å²) in [6.07, 6.45) is 0. The van der Waals surface area contributed by atoms with E-state index in [0.29, 0.717) is 24.8 Å². The van der Waals surface area contributed by atoms with E-state index in [0.717, 1.165) is 27.2 Å². The smallest absolute Gasteiger partial charge is 0.325 e. The molecule has 1 fully saturated rings. The van der Waals surface area contributed by atoms with Crippen LogP contribution in [0.4, 0.5) is 15.6 Å². The summed E-state index contributed by atoms with van der Waals surface area (Å²) in [6.45, 7) is 5.61. The van der Waals surface area contributed by atoms with E-state index in [4.69, 9.17) is 4.74 Å². The number of carbonyl (C=O) groups is 2. The Morgan fingerprint density at radius 2 is 2.00 bits per heavy atom. The Balaban J connectivity index is 1.39. The van der Waals surface area contributed by atoms with Crippen molar-refractivity contribution in [3.63, 3.8) is 0 Å². The summed E-state index contributed by atoms with van der Waals surface area (Å²) in [5.41, 5.74) is 2.79. The van der Waals surface area contributed by atoms with Crippen LogP contribution in [0.5, 0.6) is 5.75 Å². The fraction of sp³-hybridized carbons (Fsp3) is 0.286. The molecule has 1 aliphatic rings. The van der Waals surface area contributed by atoms with E-state index in [2.05, 4.69) is 10.3 Å². The summed E-state index contributed by atoms with van der Waals surface area (Å²) < 4.78 is 6.44. The van der Waals surface area contributed by atoms with Gasteiger partial charge in [0.1, 0.15) is 12.3 Å². The average Bonchev–Trinajstić information content (AvgIpc) is 3.25. The highest BCUT2D eigenvalue weighted by Gasteiger charge is 2.30. The molecule has 29 heavy (non-hydrogen) atoms. The first-order valence-electron chi connectivity index (χ1n) is 9.50. The van der Waals surface area contributed by atoms with Crippen LogP contribution < -0.4 is 15.0 Å². The Kier molecular flexibility index (Phi) is 5.35. The Morgan fingerprint density at radius 1 is 1.21 bits per heavy atom. The highest BCUT2D eigenvalue weighted by Crippen LogP contribution is 2.29. The number of thiazole rings is 1. The van der Waals surface area contributed by atoms with Gasteiger partial charge >= 0.3 is 6.03 Å². The monoisotopic (exact) mass is 410 g/mol. The van der Waals surface area contributed by atoms with Crippen molar-refractivity contribution >= 4 is 44.3 Å². The number of anilines is 2. The zero-order valence-electron chi connectivity index (χ0n) is 16.3. The SMILES string of the molecule is CCOc1ccc2nc(NC(=O)CN3CCN(c4ccc(C)cc4)C3=O)sc2c1. The third-order valence-electron chi connectivity index (χ3n) is 4.69. The van der Waals surface area contributed by atoms with Crippen LogP contribution >= 0.6 is 11.3 Å². The summed E-state index contributed by atoms with van der Waals surface area (Å²) in [4.78, 5) is 32.8. The highest BCUT2D eigenvalue weighted by atomic mass is 32.1. The van der Waals surface area contributed by atoms with E-state index in [1.165, 1.54) is 11.3 Å². The molecule has 2 aromatic carbocycles. The molecule has 3 amide bonds. The first kappa shape index (κ1) is 19.2. The number of aromatic nitrogens is 1. The number of benzene rings is 2. The first-order valence-corrected chi connectivity index (χ1v) is 10.3. The number of carbonyl (C=O) groups excluding carboxylic acids is 2. The lowest BCUT2D eigenvalue weighted by Gasteiger charge is -2.18. The topological polar surface area (TPSA) is 74.8 Å². The van der Waals surface area contributed by atoms with Gasteiger partial charge in [0.05, 0.1) is 16.8 Å². The number of fused-ring (bicyclic) bond motifs is 1. The van der Waals surface area contributed by atoms with E-state index >= 15 is 0 Å². The van der Waals surface area contributed by atoms with Crippen LogP contribution in [-0.2, 0) is 4.79 Å². The second-order valence-corrected chi connectivity index (χ2v) is 7.85. The summed E-state index contributed by atoms with van der Waals surface area (Å²) in [6, 6.07) is 13.3. The van der Waals surface area contributed by atoms with Gasteiger partial charge in [-0.25, -0.2) is 9.78 Å².